The van der Waals surface area contributed by atoms with Gasteiger partial charge in [0.25, 0.3) is 0 Å². The Balaban J connectivity index is 2.40. The third-order valence-electron chi connectivity index (χ3n) is 2.40. The second kappa shape index (κ2) is 3.77. The molecule has 1 aromatic carbocycles. The maximum atomic E-state index is 11.4. The quantitative estimate of drug-likeness (QED) is 0.590. The zero-order valence-corrected chi connectivity index (χ0v) is 8.69. The van der Waals surface area contributed by atoms with Crippen molar-refractivity contribution in [3.63, 3.8) is 0 Å². The van der Waals surface area contributed by atoms with E-state index in [4.69, 9.17) is 0 Å². The highest BCUT2D eigenvalue weighted by molar-refractivity contribution is 6.53. The minimum atomic E-state index is -0.882. The van der Waals surface area contributed by atoms with Gasteiger partial charge in [-0.05, 0) is 24.1 Å². The van der Waals surface area contributed by atoms with Crippen molar-refractivity contribution in [2.45, 2.75) is 13.3 Å². The fraction of sp³-hybridized carbons (Fsp3) is 0.182. The summed E-state index contributed by atoms with van der Waals surface area (Å²) in [5.74, 6) is -1.72. The number of carbonyl (C=O) groups is 3. The minimum absolute atomic E-state index is 0.424. The van der Waals surface area contributed by atoms with Gasteiger partial charge in [-0.15, -0.1) is 0 Å². The molecule has 82 valence electrons. The molecule has 5 heteroatoms. The number of hydrogen-bond acceptors (Lipinski definition) is 3. The highest BCUT2D eigenvalue weighted by atomic mass is 16.2. The zero-order valence-electron chi connectivity index (χ0n) is 8.69. The van der Waals surface area contributed by atoms with E-state index in [9.17, 15) is 14.4 Å². The van der Waals surface area contributed by atoms with Crippen LogP contribution in [0.25, 0.3) is 0 Å². The number of nitrogens with zero attached hydrogens (tertiary/aromatic N) is 1. The van der Waals surface area contributed by atoms with Crippen molar-refractivity contribution < 1.29 is 14.4 Å². The molecule has 4 amide bonds. The molecule has 0 saturated carbocycles. The fourth-order valence-corrected chi connectivity index (χ4v) is 1.55. The number of imide groups is 2. The summed E-state index contributed by atoms with van der Waals surface area (Å²) in [6.45, 7) is 1.97. The van der Waals surface area contributed by atoms with Crippen LogP contribution in [0.2, 0.25) is 0 Å². The number of benzene rings is 1. The molecule has 0 aliphatic carbocycles. The number of nitrogens with one attached hydrogen (secondary N) is 1. The van der Waals surface area contributed by atoms with Gasteiger partial charge >= 0.3 is 17.8 Å². The third-order valence-corrected chi connectivity index (χ3v) is 2.40. The summed E-state index contributed by atoms with van der Waals surface area (Å²) in [7, 11) is 0. The maximum Gasteiger partial charge on any atom is 0.336 e. The van der Waals surface area contributed by atoms with Crippen LogP contribution in [0, 0.1) is 0 Å². The van der Waals surface area contributed by atoms with Gasteiger partial charge in [0.15, 0.2) is 0 Å². The van der Waals surface area contributed by atoms with Crippen molar-refractivity contribution in [2.24, 2.45) is 0 Å². The molecule has 1 aromatic rings. The molecule has 1 aliphatic heterocycles. The van der Waals surface area contributed by atoms with Crippen molar-refractivity contribution in [3.05, 3.63) is 29.8 Å². The minimum Gasteiger partial charge on any atom is -0.269 e. The third kappa shape index (κ3) is 1.56. The van der Waals surface area contributed by atoms with Gasteiger partial charge < -0.3 is 0 Å². The molecule has 1 aliphatic rings. The SMILES string of the molecule is CCc1cccc(N2C(=O)NC(=O)C2=O)c1. The van der Waals surface area contributed by atoms with E-state index in [-0.39, 0.29) is 0 Å². The Kier molecular flexibility index (Phi) is 2.44. The number of anilines is 1. The summed E-state index contributed by atoms with van der Waals surface area (Å²) >= 11 is 0. The molecular formula is C11H10N2O3. The van der Waals surface area contributed by atoms with Crippen LogP contribution in [0.1, 0.15) is 12.5 Å². The predicted octanol–water partition coefficient (Wildman–Crippen LogP) is 0.832. The summed E-state index contributed by atoms with van der Waals surface area (Å²) < 4.78 is 0. The van der Waals surface area contributed by atoms with Crippen LogP contribution in [0.4, 0.5) is 10.5 Å². The maximum absolute atomic E-state index is 11.4. The highest BCUT2D eigenvalue weighted by Gasteiger charge is 2.37. The first kappa shape index (κ1) is 10.4. The molecule has 0 unspecified atom stereocenters. The number of rotatable bonds is 2. The van der Waals surface area contributed by atoms with Crippen molar-refractivity contribution in [1.82, 2.24) is 5.32 Å². The molecule has 1 heterocycles. The molecule has 5 nitrogen and oxygen atoms in total. The van der Waals surface area contributed by atoms with E-state index < -0.39 is 17.8 Å². The van der Waals surface area contributed by atoms with Crippen molar-refractivity contribution >= 4 is 23.5 Å². The van der Waals surface area contributed by atoms with E-state index in [0.717, 1.165) is 16.9 Å². The van der Waals surface area contributed by atoms with Crippen LogP contribution in [0.15, 0.2) is 24.3 Å². The van der Waals surface area contributed by atoms with Crippen LogP contribution in [-0.4, -0.2) is 17.8 Å². The molecule has 16 heavy (non-hydrogen) atoms. The average molecular weight is 218 g/mol. The predicted molar refractivity (Wildman–Crippen MR) is 56.8 cm³/mol. The number of hydrogen-bond donors (Lipinski definition) is 1. The summed E-state index contributed by atoms with van der Waals surface area (Å²) in [5.41, 5.74) is 1.42. The van der Waals surface area contributed by atoms with Crippen LogP contribution in [0.5, 0.6) is 0 Å². The Hall–Kier alpha value is -2.17. The molecular weight excluding hydrogens is 208 g/mol. The van der Waals surface area contributed by atoms with Gasteiger partial charge in [-0.2, -0.15) is 0 Å². The molecule has 0 bridgehead atoms. The molecule has 2 rings (SSSR count). The van der Waals surface area contributed by atoms with Crippen LogP contribution in [-0.2, 0) is 16.0 Å². The number of amides is 4. The second-order valence-corrected chi connectivity index (χ2v) is 3.42. The van der Waals surface area contributed by atoms with Gasteiger partial charge in [-0.25, -0.2) is 9.69 Å². The van der Waals surface area contributed by atoms with Crippen molar-refractivity contribution in [1.29, 1.82) is 0 Å². The largest absolute Gasteiger partial charge is 0.336 e. The van der Waals surface area contributed by atoms with E-state index in [1.165, 1.54) is 0 Å². The van der Waals surface area contributed by atoms with Crippen molar-refractivity contribution in [2.75, 3.05) is 4.90 Å². The van der Waals surface area contributed by atoms with Crippen LogP contribution < -0.4 is 10.2 Å². The van der Waals surface area contributed by atoms with E-state index in [0.29, 0.717) is 5.69 Å². The molecule has 0 spiro atoms. The summed E-state index contributed by atoms with van der Waals surface area (Å²) in [6.07, 6.45) is 0.797. The highest BCUT2D eigenvalue weighted by Crippen LogP contribution is 2.19. The summed E-state index contributed by atoms with van der Waals surface area (Å²) in [6, 6.07) is 6.29. The fourth-order valence-electron chi connectivity index (χ4n) is 1.55. The average Bonchev–Trinajstić information content (AvgIpc) is 2.53. The Morgan fingerprint density at radius 2 is 2.00 bits per heavy atom. The first-order valence-electron chi connectivity index (χ1n) is 4.92. The summed E-state index contributed by atoms with van der Waals surface area (Å²) in [4.78, 5) is 34.6. The monoisotopic (exact) mass is 218 g/mol. The van der Waals surface area contributed by atoms with Gasteiger partial charge in [-0.1, -0.05) is 19.1 Å². The van der Waals surface area contributed by atoms with Gasteiger partial charge in [0.05, 0.1) is 5.69 Å². The van der Waals surface area contributed by atoms with Crippen LogP contribution in [0.3, 0.4) is 0 Å². The van der Waals surface area contributed by atoms with E-state index in [2.05, 4.69) is 0 Å². The zero-order chi connectivity index (χ0) is 11.7. The second-order valence-electron chi connectivity index (χ2n) is 3.42. The lowest BCUT2D eigenvalue weighted by molar-refractivity contribution is -0.134. The Morgan fingerprint density at radius 1 is 1.25 bits per heavy atom. The molecule has 1 N–H and O–H groups in total. The smallest absolute Gasteiger partial charge is 0.269 e. The molecule has 0 aromatic heterocycles. The number of urea groups is 1. The Morgan fingerprint density at radius 3 is 2.56 bits per heavy atom. The van der Waals surface area contributed by atoms with E-state index >= 15 is 0 Å². The standard InChI is InChI=1S/C11H10N2O3/c1-2-7-4-3-5-8(6-7)13-10(15)9(14)12-11(13)16/h3-6H,2H2,1H3,(H,12,14,16). The number of aryl methyl sites for hydroxylation is 1. The molecule has 0 atom stereocenters. The van der Waals surface area contributed by atoms with Gasteiger partial charge in [0.1, 0.15) is 0 Å². The Labute approximate surface area is 92.0 Å². The topological polar surface area (TPSA) is 66.5 Å². The molecule has 1 fully saturated rings. The number of carbonyl (C=O) groups excluding carboxylic acids is 3. The van der Waals surface area contributed by atoms with Crippen molar-refractivity contribution in [3.8, 4) is 0 Å². The van der Waals surface area contributed by atoms with Gasteiger partial charge in [0, 0.05) is 0 Å². The van der Waals surface area contributed by atoms with E-state index in [1.807, 2.05) is 18.3 Å². The first-order valence-corrected chi connectivity index (χ1v) is 4.92. The first-order chi connectivity index (χ1) is 7.63. The lowest BCUT2D eigenvalue weighted by Gasteiger charge is -2.11. The lowest BCUT2D eigenvalue weighted by Crippen LogP contribution is -2.30. The lowest BCUT2D eigenvalue weighted by atomic mass is 10.1. The molecule has 1 saturated heterocycles. The van der Waals surface area contributed by atoms with Gasteiger partial charge in [0.2, 0.25) is 0 Å². The summed E-state index contributed by atoms with van der Waals surface area (Å²) in [5, 5.41) is 1.95. The van der Waals surface area contributed by atoms with Gasteiger partial charge in [-0.3, -0.25) is 14.9 Å². The normalized spacial score (nSPS) is 15.6. The molecule has 0 radical (unpaired) electrons. The van der Waals surface area contributed by atoms with E-state index in [1.54, 1.807) is 18.2 Å². The Bertz CT molecular complexity index is 482. The van der Waals surface area contributed by atoms with Crippen LogP contribution >= 0.6 is 0 Å².